The predicted molar refractivity (Wildman–Crippen MR) is 72.3 cm³/mol. The molecule has 18 heavy (non-hydrogen) atoms. The Kier molecular flexibility index (Phi) is 6.70. The van der Waals surface area contributed by atoms with E-state index in [0.29, 0.717) is 18.8 Å². The number of carbonyl (C=O) groups excluding carboxylic acids is 1. The van der Waals surface area contributed by atoms with Crippen LogP contribution in [0.3, 0.4) is 0 Å². The van der Waals surface area contributed by atoms with Gasteiger partial charge in [0.2, 0.25) is 5.91 Å². The Morgan fingerprint density at radius 1 is 1.44 bits per heavy atom. The Hall–Kier alpha value is -1.11. The maximum Gasteiger partial charge on any atom is 0.218 e. The Bertz CT molecular complexity index is 370. The molecule has 0 bridgehead atoms. The van der Waals surface area contributed by atoms with Gasteiger partial charge in [-0.05, 0) is 24.3 Å². The number of ether oxygens (including phenoxy) is 1. The highest BCUT2D eigenvalue weighted by molar-refractivity contribution is 9.10. The molecule has 0 fully saturated rings. The second kappa shape index (κ2) is 8.07. The van der Waals surface area contributed by atoms with Gasteiger partial charge in [-0.25, -0.2) is 0 Å². The summed E-state index contributed by atoms with van der Waals surface area (Å²) in [6.07, 6.45) is -0.359. The van der Waals surface area contributed by atoms with E-state index in [1.54, 1.807) is 0 Å². The number of rotatable bonds is 8. The quantitative estimate of drug-likeness (QED) is 0.615. The number of amides is 1. The third-order valence-electron chi connectivity index (χ3n) is 2.18. The van der Waals surface area contributed by atoms with Crippen LogP contribution in [-0.4, -0.2) is 36.8 Å². The highest BCUT2D eigenvalue weighted by Crippen LogP contribution is 2.16. The molecule has 0 aliphatic carbocycles. The van der Waals surface area contributed by atoms with Crippen LogP contribution in [0.15, 0.2) is 28.7 Å². The van der Waals surface area contributed by atoms with Gasteiger partial charge in [-0.1, -0.05) is 15.9 Å². The van der Waals surface area contributed by atoms with Gasteiger partial charge in [-0.15, -0.1) is 0 Å². The lowest BCUT2D eigenvalue weighted by Crippen LogP contribution is -2.33. The molecule has 5 nitrogen and oxygen atoms in total. The van der Waals surface area contributed by atoms with Crippen LogP contribution in [0.4, 0.5) is 0 Å². The van der Waals surface area contributed by atoms with E-state index in [-0.39, 0.29) is 18.9 Å². The van der Waals surface area contributed by atoms with Gasteiger partial charge in [0, 0.05) is 24.0 Å². The summed E-state index contributed by atoms with van der Waals surface area (Å²) in [5, 5.41) is 12.5. The summed E-state index contributed by atoms with van der Waals surface area (Å²) in [6.45, 7) is 1.03. The van der Waals surface area contributed by atoms with Crippen LogP contribution < -0.4 is 15.8 Å². The SMILES string of the molecule is NC(=O)CCNCC(O)COc1ccc(Br)cc1. The van der Waals surface area contributed by atoms with Crippen LogP contribution in [0.1, 0.15) is 6.42 Å². The maximum absolute atomic E-state index is 10.5. The number of nitrogens with two attached hydrogens (primary N) is 1. The summed E-state index contributed by atoms with van der Waals surface area (Å²) in [7, 11) is 0. The van der Waals surface area contributed by atoms with Crippen molar-refractivity contribution in [2.24, 2.45) is 5.73 Å². The standard InChI is InChI=1S/C12H17BrN2O3/c13-9-1-3-11(4-2-9)18-8-10(16)7-15-6-5-12(14)17/h1-4,10,15-16H,5-8H2,(H2,14,17). The van der Waals surface area contributed by atoms with Crippen molar-refractivity contribution in [2.75, 3.05) is 19.7 Å². The molecule has 0 aliphatic rings. The molecule has 0 spiro atoms. The Balaban J connectivity index is 2.14. The summed E-state index contributed by atoms with van der Waals surface area (Å²) in [6, 6.07) is 7.37. The van der Waals surface area contributed by atoms with Gasteiger partial charge in [-0.3, -0.25) is 4.79 Å². The van der Waals surface area contributed by atoms with Crippen LogP contribution in [0.25, 0.3) is 0 Å². The Morgan fingerprint density at radius 3 is 2.72 bits per heavy atom. The number of primary amides is 1. The van der Waals surface area contributed by atoms with Crippen LogP contribution in [0.2, 0.25) is 0 Å². The molecule has 0 aromatic heterocycles. The fraction of sp³-hybridized carbons (Fsp3) is 0.417. The molecule has 1 amide bonds. The fourth-order valence-corrected chi connectivity index (χ4v) is 1.53. The second-order valence-electron chi connectivity index (χ2n) is 3.84. The van der Waals surface area contributed by atoms with Gasteiger partial charge in [-0.2, -0.15) is 0 Å². The zero-order valence-electron chi connectivity index (χ0n) is 9.93. The number of nitrogens with one attached hydrogen (secondary N) is 1. The monoisotopic (exact) mass is 316 g/mol. The number of hydrogen-bond acceptors (Lipinski definition) is 4. The zero-order chi connectivity index (χ0) is 13.4. The highest BCUT2D eigenvalue weighted by atomic mass is 79.9. The van der Waals surface area contributed by atoms with E-state index in [2.05, 4.69) is 21.2 Å². The number of aliphatic hydroxyl groups excluding tert-OH is 1. The van der Waals surface area contributed by atoms with E-state index in [4.69, 9.17) is 10.5 Å². The van der Waals surface area contributed by atoms with Gasteiger partial charge < -0.3 is 20.9 Å². The number of halogens is 1. The fourth-order valence-electron chi connectivity index (χ4n) is 1.26. The zero-order valence-corrected chi connectivity index (χ0v) is 11.5. The van der Waals surface area contributed by atoms with Crippen molar-refractivity contribution in [3.8, 4) is 5.75 Å². The first kappa shape index (κ1) is 14.9. The molecule has 100 valence electrons. The molecule has 1 rings (SSSR count). The van der Waals surface area contributed by atoms with Crippen molar-refractivity contribution in [3.63, 3.8) is 0 Å². The molecule has 0 aliphatic heterocycles. The number of carbonyl (C=O) groups is 1. The van der Waals surface area contributed by atoms with E-state index < -0.39 is 6.10 Å². The first-order valence-corrected chi connectivity index (χ1v) is 6.42. The summed E-state index contributed by atoms with van der Waals surface area (Å²) >= 11 is 3.33. The van der Waals surface area contributed by atoms with Gasteiger partial charge in [0.25, 0.3) is 0 Å². The van der Waals surface area contributed by atoms with E-state index in [1.807, 2.05) is 24.3 Å². The minimum atomic E-state index is -0.624. The van der Waals surface area contributed by atoms with E-state index >= 15 is 0 Å². The van der Waals surface area contributed by atoms with Crippen LogP contribution >= 0.6 is 15.9 Å². The van der Waals surface area contributed by atoms with Crippen molar-refractivity contribution in [2.45, 2.75) is 12.5 Å². The lowest BCUT2D eigenvalue weighted by Gasteiger charge is -2.13. The molecule has 0 saturated heterocycles. The first-order valence-electron chi connectivity index (χ1n) is 5.63. The van der Waals surface area contributed by atoms with E-state index in [0.717, 1.165) is 4.47 Å². The van der Waals surface area contributed by atoms with E-state index in [9.17, 15) is 9.90 Å². The maximum atomic E-state index is 10.5. The number of aliphatic hydroxyl groups is 1. The molecule has 1 atom stereocenters. The number of hydrogen-bond donors (Lipinski definition) is 3. The van der Waals surface area contributed by atoms with Crippen molar-refractivity contribution in [1.82, 2.24) is 5.32 Å². The molecule has 1 unspecified atom stereocenters. The molecular formula is C12H17BrN2O3. The molecule has 0 saturated carbocycles. The lowest BCUT2D eigenvalue weighted by atomic mass is 10.3. The van der Waals surface area contributed by atoms with E-state index in [1.165, 1.54) is 0 Å². The molecule has 0 radical (unpaired) electrons. The summed E-state index contributed by atoms with van der Waals surface area (Å²) in [5.74, 6) is 0.345. The normalized spacial score (nSPS) is 12.1. The van der Waals surface area contributed by atoms with Crippen molar-refractivity contribution in [1.29, 1.82) is 0 Å². The Morgan fingerprint density at radius 2 is 2.11 bits per heavy atom. The average Bonchev–Trinajstić information content (AvgIpc) is 2.34. The molecule has 1 aromatic rings. The minimum Gasteiger partial charge on any atom is -0.491 e. The molecule has 1 aromatic carbocycles. The van der Waals surface area contributed by atoms with Crippen molar-refractivity contribution < 1.29 is 14.6 Å². The topological polar surface area (TPSA) is 84.6 Å². The smallest absolute Gasteiger partial charge is 0.218 e. The van der Waals surface area contributed by atoms with Gasteiger partial charge in [0.1, 0.15) is 18.5 Å². The summed E-state index contributed by atoms with van der Waals surface area (Å²) < 4.78 is 6.37. The lowest BCUT2D eigenvalue weighted by molar-refractivity contribution is -0.117. The van der Waals surface area contributed by atoms with Crippen molar-refractivity contribution in [3.05, 3.63) is 28.7 Å². The van der Waals surface area contributed by atoms with Crippen LogP contribution in [0, 0.1) is 0 Å². The van der Waals surface area contributed by atoms with Crippen LogP contribution in [0.5, 0.6) is 5.75 Å². The molecule has 6 heteroatoms. The molecule has 4 N–H and O–H groups in total. The predicted octanol–water partition coefficient (Wildman–Crippen LogP) is 0.654. The second-order valence-corrected chi connectivity index (χ2v) is 4.75. The first-order chi connectivity index (χ1) is 8.58. The van der Waals surface area contributed by atoms with Crippen LogP contribution in [-0.2, 0) is 4.79 Å². The van der Waals surface area contributed by atoms with Gasteiger partial charge >= 0.3 is 0 Å². The molecular weight excluding hydrogens is 300 g/mol. The Labute approximate surface area is 114 Å². The molecule has 0 heterocycles. The highest BCUT2D eigenvalue weighted by Gasteiger charge is 2.05. The largest absolute Gasteiger partial charge is 0.491 e. The van der Waals surface area contributed by atoms with Gasteiger partial charge in [0.05, 0.1) is 0 Å². The average molecular weight is 317 g/mol. The van der Waals surface area contributed by atoms with Gasteiger partial charge in [0.15, 0.2) is 0 Å². The van der Waals surface area contributed by atoms with Crippen molar-refractivity contribution >= 4 is 21.8 Å². The summed E-state index contributed by atoms with van der Waals surface area (Å²) in [4.78, 5) is 10.5. The third kappa shape index (κ3) is 6.58. The minimum absolute atomic E-state index is 0.200. The third-order valence-corrected chi connectivity index (χ3v) is 2.71. The summed E-state index contributed by atoms with van der Waals surface area (Å²) in [5.41, 5.74) is 4.99. The number of benzene rings is 1.